The van der Waals surface area contributed by atoms with Crippen LogP contribution in [0.1, 0.15) is 13.8 Å². The summed E-state index contributed by atoms with van der Waals surface area (Å²) in [5, 5.41) is 5.27. The molecule has 2 amide bonds. The third-order valence-corrected chi connectivity index (χ3v) is 2.04. The van der Waals surface area contributed by atoms with Crippen molar-refractivity contribution in [3.8, 4) is 0 Å². The first-order valence-electron chi connectivity index (χ1n) is 5.95. The highest BCUT2D eigenvalue weighted by Crippen LogP contribution is 1.99. The molecule has 6 heteroatoms. The lowest BCUT2D eigenvalue weighted by molar-refractivity contribution is -0.131. The average molecular weight is 253 g/mol. The fourth-order valence-corrected chi connectivity index (χ4v) is 1.31. The van der Waals surface area contributed by atoms with Crippen molar-refractivity contribution in [3.63, 3.8) is 0 Å². The lowest BCUT2D eigenvalue weighted by atomic mass is 10.5. The quantitative estimate of drug-likeness (QED) is 0.724. The number of amides is 2. The minimum absolute atomic E-state index is 0.292. The van der Waals surface area contributed by atoms with E-state index in [0.29, 0.717) is 25.6 Å². The molecule has 0 aromatic carbocycles. The van der Waals surface area contributed by atoms with Crippen LogP contribution in [0.25, 0.3) is 0 Å². The number of pyridine rings is 1. The van der Waals surface area contributed by atoms with E-state index in [1.165, 1.54) is 0 Å². The molecule has 100 valence electrons. The van der Waals surface area contributed by atoms with Gasteiger partial charge in [-0.15, -0.1) is 0 Å². The molecule has 1 rings (SSSR count). The number of hydrogen-bond acceptors (Lipinski definition) is 4. The van der Waals surface area contributed by atoms with Crippen molar-refractivity contribution >= 4 is 11.8 Å². The molecule has 0 atom stereocenters. The molecular formula is C12H19N3O3. The SMILES string of the molecule is CCOC(CNC(=O)Nc1ccccn1)OCC. The zero-order valence-corrected chi connectivity index (χ0v) is 10.7. The largest absolute Gasteiger partial charge is 0.351 e. The molecule has 1 heterocycles. The van der Waals surface area contributed by atoms with Gasteiger partial charge in [-0.25, -0.2) is 9.78 Å². The van der Waals surface area contributed by atoms with Crippen LogP contribution in [0.4, 0.5) is 10.6 Å². The Morgan fingerprint density at radius 2 is 2.06 bits per heavy atom. The molecule has 0 aliphatic carbocycles. The van der Waals surface area contributed by atoms with E-state index in [9.17, 15) is 4.79 Å². The van der Waals surface area contributed by atoms with Gasteiger partial charge in [-0.05, 0) is 26.0 Å². The van der Waals surface area contributed by atoms with Crippen molar-refractivity contribution < 1.29 is 14.3 Å². The molecule has 0 unspecified atom stereocenters. The number of rotatable bonds is 7. The van der Waals surface area contributed by atoms with E-state index in [4.69, 9.17) is 9.47 Å². The molecule has 0 saturated carbocycles. The standard InChI is InChI=1S/C12H19N3O3/c1-3-17-11(18-4-2)9-14-12(16)15-10-7-5-6-8-13-10/h5-8,11H,3-4,9H2,1-2H3,(H2,13,14,15,16). The minimum atomic E-state index is -0.422. The van der Waals surface area contributed by atoms with E-state index in [-0.39, 0.29) is 6.03 Å². The van der Waals surface area contributed by atoms with E-state index < -0.39 is 6.29 Å². The summed E-state index contributed by atoms with van der Waals surface area (Å²) < 4.78 is 10.6. The molecule has 0 aliphatic rings. The van der Waals surface area contributed by atoms with Crippen molar-refractivity contribution in [2.45, 2.75) is 20.1 Å². The molecule has 1 aromatic rings. The molecule has 0 aliphatic heterocycles. The topological polar surface area (TPSA) is 72.5 Å². The summed E-state index contributed by atoms with van der Waals surface area (Å²) >= 11 is 0. The van der Waals surface area contributed by atoms with E-state index in [0.717, 1.165) is 0 Å². The van der Waals surface area contributed by atoms with Crippen LogP contribution < -0.4 is 10.6 Å². The van der Waals surface area contributed by atoms with E-state index in [1.54, 1.807) is 24.4 Å². The second-order valence-electron chi connectivity index (χ2n) is 3.39. The summed E-state index contributed by atoms with van der Waals surface area (Å²) in [5.41, 5.74) is 0. The van der Waals surface area contributed by atoms with Crippen LogP contribution in [0.2, 0.25) is 0 Å². The molecule has 2 N–H and O–H groups in total. The summed E-state index contributed by atoms with van der Waals surface area (Å²) in [7, 11) is 0. The summed E-state index contributed by atoms with van der Waals surface area (Å²) in [5.74, 6) is 0.499. The smallest absolute Gasteiger partial charge is 0.320 e. The van der Waals surface area contributed by atoms with E-state index in [2.05, 4.69) is 15.6 Å². The van der Waals surface area contributed by atoms with Crippen molar-refractivity contribution in [2.24, 2.45) is 0 Å². The van der Waals surface area contributed by atoms with E-state index >= 15 is 0 Å². The first kappa shape index (κ1) is 14.4. The molecule has 6 nitrogen and oxygen atoms in total. The molecule has 0 saturated heterocycles. The maximum absolute atomic E-state index is 11.6. The number of hydrogen-bond donors (Lipinski definition) is 2. The van der Waals surface area contributed by atoms with Gasteiger partial charge >= 0.3 is 6.03 Å². The number of urea groups is 1. The van der Waals surface area contributed by atoms with Crippen molar-refractivity contribution in [2.75, 3.05) is 25.1 Å². The maximum atomic E-state index is 11.6. The third kappa shape index (κ3) is 5.60. The fraction of sp³-hybridized carbons (Fsp3) is 0.500. The number of aromatic nitrogens is 1. The first-order valence-corrected chi connectivity index (χ1v) is 5.95. The van der Waals surface area contributed by atoms with Crippen LogP contribution in [-0.2, 0) is 9.47 Å². The Kier molecular flexibility index (Phi) is 6.75. The highest BCUT2D eigenvalue weighted by Gasteiger charge is 2.09. The van der Waals surface area contributed by atoms with Gasteiger partial charge in [0.15, 0.2) is 6.29 Å². The lowest BCUT2D eigenvalue weighted by Crippen LogP contribution is -2.37. The summed E-state index contributed by atoms with van der Waals surface area (Å²) in [6.45, 7) is 5.11. The lowest BCUT2D eigenvalue weighted by Gasteiger charge is -2.17. The summed E-state index contributed by atoms with van der Waals surface area (Å²) in [6.07, 6.45) is 1.19. The van der Waals surface area contributed by atoms with Gasteiger partial charge in [0, 0.05) is 19.4 Å². The second-order valence-corrected chi connectivity index (χ2v) is 3.39. The zero-order valence-electron chi connectivity index (χ0n) is 10.7. The van der Waals surface area contributed by atoms with Crippen LogP contribution in [0.3, 0.4) is 0 Å². The Morgan fingerprint density at radius 1 is 1.33 bits per heavy atom. The molecule has 18 heavy (non-hydrogen) atoms. The van der Waals surface area contributed by atoms with Gasteiger partial charge in [0.1, 0.15) is 5.82 Å². The van der Waals surface area contributed by atoms with E-state index in [1.807, 2.05) is 13.8 Å². The van der Waals surface area contributed by atoms with Gasteiger partial charge in [-0.2, -0.15) is 0 Å². The normalized spacial score (nSPS) is 10.4. The van der Waals surface area contributed by atoms with Crippen molar-refractivity contribution in [3.05, 3.63) is 24.4 Å². The summed E-state index contributed by atoms with van der Waals surface area (Å²) in [6, 6.07) is 4.95. The van der Waals surface area contributed by atoms with Crippen LogP contribution in [0.5, 0.6) is 0 Å². The highest BCUT2D eigenvalue weighted by molar-refractivity contribution is 5.88. The number of carbonyl (C=O) groups excluding carboxylic acids is 1. The second kappa shape index (κ2) is 8.43. The van der Waals surface area contributed by atoms with Gasteiger partial charge in [0.2, 0.25) is 0 Å². The van der Waals surface area contributed by atoms with Gasteiger partial charge in [0.05, 0.1) is 6.54 Å². The first-order chi connectivity index (χ1) is 8.76. The van der Waals surface area contributed by atoms with Crippen LogP contribution >= 0.6 is 0 Å². The van der Waals surface area contributed by atoms with Gasteiger partial charge in [-0.1, -0.05) is 6.07 Å². The average Bonchev–Trinajstić information content (AvgIpc) is 2.38. The Balaban J connectivity index is 2.31. The molecule has 0 radical (unpaired) electrons. The maximum Gasteiger partial charge on any atom is 0.320 e. The number of ether oxygens (including phenoxy) is 2. The molecule has 0 fully saturated rings. The Morgan fingerprint density at radius 3 is 2.61 bits per heavy atom. The number of nitrogens with one attached hydrogen (secondary N) is 2. The predicted molar refractivity (Wildman–Crippen MR) is 68.3 cm³/mol. The van der Waals surface area contributed by atoms with Crippen LogP contribution in [0.15, 0.2) is 24.4 Å². The van der Waals surface area contributed by atoms with Crippen LogP contribution in [0, 0.1) is 0 Å². The van der Waals surface area contributed by atoms with Crippen LogP contribution in [-0.4, -0.2) is 37.1 Å². The Labute approximate surface area is 107 Å². The third-order valence-electron chi connectivity index (χ3n) is 2.04. The monoisotopic (exact) mass is 253 g/mol. The number of anilines is 1. The molecule has 0 bridgehead atoms. The van der Waals surface area contributed by atoms with Crippen molar-refractivity contribution in [1.82, 2.24) is 10.3 Å². The molecule has 0 spiro atoms. The Bertz CT molecular complexity index is 340. The molecule has 1 aromatic heterocycles. The number of carbonyl (C=O) groups is 1. The van der Waals surface area contributed by atoms with Crippen molar-refractivity contribution in [1.29, 1.82) is 0 Å². The Hall–Kier alpha value is -1.66. The molecular weight excluding hydrogens is 234 g/mol. The fourth-order valence-electron chi connectivity index (χ4n) is 1.31. The van der Waals surface area contributed by atoms with Gasteiger partial charge < -0.3 is 14.8 Å². The zero-order chi connectivity index (χ0) is 13.2. The predicted octanol–water partition coefficient (Wildman–Crippen LogP) is 1.60. The minimum Gasteiger partial charge on any atom is -0.351 e. The number of nitrogens with zero attached hydrogens (tertiary/aromatic N) is 1. The van der Waals surface area contributed by atoms with Gasteiger partial charge in [0.25, 0.3) is 0 Å². The highest BCUT2D eigenvalue weighted by atomic mass is 16.7. The van der Waals surface area contributed by atoms with Gasteiger partial charge in [-0.3, -0.25) is 5.32 Å². The summed E-state index contributed by atoms with van der Waals surface area (Å²) in [4.78, 5) is 15.5.